The van der Waals surface area contributed by atoms with Crippen LogP contribution in [0.25, 0.3) is 16.6 Å². The van der Waals surface area contributed by atoms with Gasteiger partial charge < -0.3 is 5.32 Å². The number of rotatable bonds is 8. The molecule has 0 aliphatic rings. The first kappa shape index (κ1) is 27.3. The summed E-state index contributed by atoms with van der Waals surface area (Å²) in [6.45, 7) is 1.70. The van der Waals surface area contributed by atoms with E-state index in [4.69, 9.17) is 11.6 Å². The molecule has 10 nitrogen and oxygen atoms in total. The minimum absolute atomic E-state index is 0.0175. The van der Waals surface area contributed by atoms with Gasteiger partial charge in [0.05, 0.1) is 26.7 Å². The van der Waals surface area contributed by atoms with Crippen molar-refractivity contribution in [1.29, 1.82) is 0 Å². The highest BCUT2D eigenvalue weighted by Gasteiger charge is 2.21. The maximum Gasteiger partial charge on any atom is 0.266 e. The number of nitrogens with one attached hydrogen (secondary N) is 2. The quantitative estimate of drug-likeness (QED) is 0.195. The van der Waals surface area contributed by atoms with E-state index in [1.165, 1.54) is 41.0 Å². The Morgan fingerprint density at radius 2 is 1.62 bits per heavy atom. The molecule has 3 aromatic carbocycles. The number of sulfonamides is 1. The molecule has 2 N–H and O–H groups in total. The van der Waals surface area contributed by atoms with E-state index in [0.717, 1.165) is 11.8 Å². The molecular formula is C27H21ClN6O4S2. The minimum atomic E-state index is -3.93. The van der Waals surface area contributed by atoms with Crippen LogP contribution in [0.3, 0.4) is 0 Å². The number of thioether (sulfide) groups is 1. The molecule has 1 amide bonds. The Morgan fingerprint density at radius 3 is 2.33 bits per heavy atom. The summed E-state index contributed by atoms with van der Waals surface area (Å²) in [6.07, 6.45) is 0. The molecule has 1 unspecified atom stereocenters. The van der Waals surface area contributed by atoms with Crippen molar-refractivity contribution in [1.82, 2.24) is 19.7 Å². The standard InChI is InChI=1S/C27H21ClN6O4S2/c1-17(39-27-30-22-10-6-5-9-21(22)26(36)34(27)19-7-3-2-4-8-19)25(35)29-18-11-13-20(14-12-18)40(37,38)33-24-16-15-23(28)31-32-24/h2-17H,1H3,(H,29,35)(H,32,33). The lowest BCUT2D eigenvalue weighted by molar-refractivity contribution is -0.115. The second-order valence-corrected chi connectivity index (χ2v) is 11.9. The molecule has 5 aromatic rings. The number of carbonyl (C=O) groups is 1. The lowest BCUT2D eigenvalue weighted by Gasteiger charge is -2.16. The van der Waals surface area contributed by atoms with Gasteiger partial charge in [-0.05, 0) is 67.6 Å². The third-order valence-corrected chi connectivity index (χ3v) is 8.34. The molecule has 202 valence electrons. The van der Waals surface area contributed by atoms with Crippen molar-refractivity contribution in [2.24, 2.45) is 0 Å². The fraction of sp³-hybridized carbons (Fsp3) is 0.0741. The van der Waals surface area contributed by atoms with Crippen molar-refractivity contribution >= 4 is 61.7 Å². The number of carbonyl (C=O) groups excluding carboxylic acids is 1. The van der Waals surface area contributed by atoms with E-state index in [1.807, 2.05) is 18.2 Å². The third-order valence-electron chi connectivity index (χ3n) is 5.71. The SMILES string of the molecule is CC(Sc1nc2ccccc2c(=O)n1-c1ccccc1)C(=O)Nc1ccc(S(=O)(=O)Nc2ccc(Cl)nn2)cc1. The summed E-state index contributed by atoms with van der Waals surface area (Å²) < 4.78 is 29.1. The van der Waals surface area contributed by atoms with Crippen LogP contribution in [-0.2, 0) is 14.8 Å². The minimum Gasteiger partial charge on any atom is -0.325 e. The largest absolute Gasteiger partial charge is 0.325 e. The first-order valence-corrected chi connectivity index (χ1v) is 14.6. The van der Waals surface area contributed by atoms with Gasteiger partial charge in [-0.2, -0.15) is 0 Å². The van der Waals surface area contributed by atoms with Crippen LogP contribution < -0.4 is 15.6 Å². The number of para-hydroxylation sites is 2. The molecule has 0 saturated carbocycles. The normalized spacial score (nSPS) is 12.2. The van der Waals surface area contributed by atoms with E-state index in [1.54, 1.807) is 43.3 Å². The van der Waals surface area contributed by atoms with Gasteiger partial charge in [-0.25, -0.2) is 13.4 Å². The molecular weight excluding hydrogens is 572 g/mol. The Morgan fingerprint density at radius 1 is 0.925 bits per heavy atom. The van der Waals surface area contributed by atoms with Crippen LogP contribution in [0.15, 0.2) is 106 Å². The van der Waals surface area contributed by atoms with Crippen LogP contribution in [0.4, 0.5) is 11.5 Å². The predicted octanol–water partition coefficient (Wildman–Crippen LogP) is 4.75. The molecule has 1 atom stereocenters. The van der Waals surface area contributed by atoms with Gasteiger partial charge in [-0.15, -0.1) is 10.2 Å². The summed E-state index contributed by atoms with van der Waals surface area (Å²) in [5.74, 6) is -0.332. The van der Waals surface area contributed by atoms with Crippen molar-refractivity contribution in [3.8, 4) is 5.69 Å². The van der Waals surface area contributed by atoms with E-state index < -0.39 is 15.3 Å². The summed E-state index contributed by atoms with van der Waals surface area (Å²) >= 11 is 6.83. The third kappa shape index (κ3) is 5.98. The van der Waals surface area contributed by atoms with Gasteiger partial charge in [0.2, 0.25) is 5.91 Å². The lowest BCUT2D eigenvalue weighted by atomic mass is 10.2. The van der Waals surface area contributed by atoms with Gasteiger partial charge in [-0.3, -0.25) is 18.9 Å². The summed E-state index contributed by atoms with van der Waals surface area (Å²) in [7, 11) is -3.93. The molecule has 2 heterocycles. The molecule has 0 saturated heterocycles. The highest BCUT2D eigenvalue weighted by atomic mass is 35.5. The Labute approximate surface area is 238 Å². The number of benzene rings is 3. The Hall–Kier alpha value is -4.26. The molecule has 40 heavy (non-hydrogen) atoms. The van der Waals surface area contributed by atoms with Crippen LogP contribution in [0, 0.1) is 0 Å². The molecule has 0 spiro atoms. The second-order valence-electron chi connectivity index (χ2n) is 8.51. The van der Waals surface area contributed by atoms with Crippen LogP contribution in [-0.4, -0.2) is 39.3 Å². The smallest absolute Gasteiger partial charge is 0.266 e. The summed E-state index contributed by atoms with van der Waals surface area (Å²) in [5, 5.41) is 10.4. The van der Waals surface area contributed by atoms with E-state index in [2.05, 4.69) is 25.2 Å². The average Bonchev–Trinajstić information content (AvgIpc) is 2.95. The van der Waals surface area contributed by atoms with Gasteiger partial charge in [0, 0.05) is 5.69 Å². The molecule has 0 fully saturated rings. The van der Waals surface area contributed by atoms with E-state index in [9.17, 15) is 18.0 Å². The number of nitrogens with zero attached hydrogens (tertiary/aromatic N) is 4. The number of hydrogen-bond acceptors (Lipinski definition) is 8. The maximum absolute atomic E-state index is 13.4. The van der Waals surface area contributed by atoms with E-state index in [0.29, 0.717) is 27.4 Å². The van der Waals surface area contributed by atoms with Gasteiger partial charge in [-0.1, -0.05) is 53.7 Å². The van der Waals surface area contributed by atoms with Crippen LogP contribution in [0.1, 0.15) is 6.92 Å². The topological polar surface area (TPSA) is 136 Å². The number of fused-ring (bicyclic) bond motifs is 1. The Balaban J connectivity index is 1.33. The average molecular weight is 593 g/mol. The number of anilines is 2. The first-order valence-electron chi connectivity index (χ1n) is 11.9. The molecule has 0 radical (unpaired) electrons. The fourth-order valence-corrected chi connectivity index (χ4v) is 5.76. The van der Waals surface area contributed by atoms with Gasteiger partial charge in [0.1, 0.15) is 0 Å². The van der Waals surface area contributed by atoms with Crippen molar-refractivity contribution in [3.63, 3.8) is 0 Å². The van der Waals surface area contributed by atoms with Crippen LogP contribution in [0.2, 0.25) is 5.15 Å². The summed E-state index contributed by atoms with van der Waals surface area (Å²) in [5.41, 5.74) is 1.33. The van der Waals surface area contributed by atoms with Crippen molar-refractivity contribution in [2.75, 3.05) is 10.0 Å². The molecule has 0 bridgehead atoms. The van der Waals surface area contributed by atoms with E-state index >= 15 is 0 Å². The molecule has 2 aromatic heterocycles. The molecule has 5 rings (SSSR count). The molecule has 13 heteroatoms. The zero-order valence-electron chi connectivity index (χ0n) is 20.9. The zero-order valence-corrected chi connectivity index (χ0v) is 23.2. The maximum atomic E-state index is 13.4. The van der Waals surface area contributed by atoms with Gasteiger partial charge in [0.15, 0.2) is 16.1 Å². The zero-order chi connectivity index (χ0) is 28.3. The van der Waals surface area contributed by atoms with Gasteiger partial charge >= 0.3 is 0 Å². The highest BCUT2D eigenvalue weighted by Crippen LogP contribution is 2.26. The molecule has 0 aliphatic carbocycles. The van der Waals surface area contributed by atoms with E-state index in [-0.39, 0.29) is 27.3 Å². The lowest BCUT2D eigenvalue weighted by Crippen LogP contribution is -2.26. The number of aromatic nitrogens is 4. The predicted molar refractivity (Wildman–Crippen MR) is 156 cm³/mol. The van der Waals surface area contributed by atoms with Crippen molar-refractivity contribution in [3.05, 3.63) is 107 Å². The number of hydrogen-bond donors (Lipinski definition) is 2. The summed E-state index contributed by atoms with van der Waals surface area (Å²) in [4.78, 5) is 31.1. The second kappa shape index (κ2) is 11.5. The van der Waals surface area contributed by atoms with Crippen molar-refractivity contribution in [2.45, 2.75) is 22.2 Å². The Bertz CT molecular complexity index is 1850. The monoisotopic (exact) mass is 592 g/mol. The molecule has 0 aliphatic heterocycles. The van der Waals surface area contributed by atoms with Crippen molar-refractivity contribution < 1.29 is 13.2 Å². The number of halogens is 1. The fourth-order valence-electron chi connectivity index (χ4n) is 3.74. The van der Waals surface area contributed by atoms with Crippen LogP contribution in [0.5, 0.6) is 0 Å². The van der Waals surface area contributed by atoms with Crippen LogP contribution >= 0.6 is 23.4 Å². The number of amides is 1. The Kier molecular flexibility index (Phi) is 7.83. The first-order chi connectivity index (χ1) is 19.2. The highest BCUT2D eigenvalue weighted by molar-refractivity contribution is 8.00. The summed E-state index contributed by atoms with van der Waals surface area (Å²) in [6, 6.07) is 24.6. The van der Waals surface area contributed by atoms with Gasteiger partial charge in [0.25, 0.3) is 15.6 Å².